The summed E-state index contributed by atoms with van der Waals surface area (Å²) in [4.78, 5) is 3.91. The van der Waals surface area contributed by atoms with Crippen LogP contribution in [-0.2, 0) is 6.54 Å². The van der Waals surface area contributed by atoms with Crippen LogP contribution in [-0.4, -0.2) is 22.3 Å². The fraction of sp³-hybridized carbons (Fsp3) is 0.200. The van der Waals surface area contributed by atoms with Crippen LogP contribution in [0.3, 0.4) is 0 Å². The van der Waals surface area contributed by atoms with Crippen molar-refractivity contribution in [1.29, 1.82) is 0 Å². The second-order valence-corrected chi connectivity index (χ2v) is 3.36. The summed E-state index contributed by atoms with van der Waals surface area (Å²) in [5.41, 5.74) is 6.13. The minimum absolute atomic E-state index is 0.259. The van der Waals surface area contributed by atoms with Crippen molar-refractivity contribution in [3.8, 4) is 5.75 Å². The van der Waals surface area contributed by atoms with Crippen LogP contribution in [0.5, 0.6) is 5.75 Å². The number of H-pyrrole nitrogens is 1. The fourth-order valence-corrected chi connectivity index (χ4v) is 1.38. The molecule has 1 aromatic heterocycles. The number of ether oxygens (including phenoxy) is 1. The van der Waals surface area contributed by atoms with Crippen LogP contribution in [0.25, 0.3) is 0 Å². The number of nitrogens with zero attached hydrogens (tertiary/aromatic N) is 2. The van der Waals surface area contributed by atoms with E-state index in [-0.39, 0.29) is 5.69 Å². The van der Waals surface area contributed by atoms with E-state index in [0.29, 0.717) is 23.8 Å². The molecule has 2 aromatic rings. The van der Waals surface area contributed by atoms with E-state index >= 15 is 0 Å². The summed E-state index contributed by atoms with van der Waals surface area (Å²) < 4.78 is 18.6. The maximum atomic E-state index is 13.6. The number of aromatic nitrogens is 3. The lowest BCUT2D eigenvalue weighted by molar-refractivity contribution is 0.416. The molecule has 0 saturated carbocycles. The number of anilines is 2. The van der Waals surface area contributed by atoms with E-state index in [9.17, 15) is 4.39 Å². The summed E-state index contributed by atoms with van der Waals surface area (Å²) in [5.74, 6) is 0.592. The third kappa shape index (κ3) is 2.44. The number of methoxy groups -OCH3 is 1. The molecule has 17 heavy (non-hydrogen) atoms. The smallest absolute Gasteiger partial charge is 0.148 e. The second kappa shape index (κ2) is 4.69. The second-order valence-electron chi connectivity index (χ2n) is 3.36. The summed E-state index contributed by atoms with van der Waals surface area (Å²) in [6.45, 7) is 0.337. The predicted octanol–water partition coefficient (Wildman–Crippen LogP) is 1.15. The Labute approximate surface area is 97.0 Å². The van der Waals surface area contributed by atoms with Gasteiger partial charge >= 0.3 is 0 Å². The molecule has 1 heterocycles. The number of hydrogen-bond acceptors (Lipinski definition) is 5. The highest BCUT2D eigenvalue weighted by Gasteiger charge is 2.08. The molecule has 0 radical (unpaired) electrons. The molecule has 0 fully saturated rings. The van der Waals surface area contributed by atoms with Gasteiger partial charge in [-0.05, 0) is 0 Å². The molecule has 7 heteroatoms. The summed E-state index contributed by atoms with van der Waals surface area (Å²) in [5, 5.41) is 9.23. The number of halogens is 1. The quantitative estimate of drug-likeness (QED) is 0.694. The van der Waals surface area contributed by atoms with E-state index < -0.39 is 5.82 Å². The van der Waals surface area contributed by atoms with Crippen molar-refractivity contribution in [1.82, 2.24) is 15.2 Å². The Bertz CT molecular complexity index is 500. The molecular weight excluding hydrogens is 225 g/mol. The molecule has 6 nitrogen and oxygen atoms in total. The van der Waals surface area contributed by atoms with Gasteiger partial charge in [0.2, 0.25) is 0 Å². The monoisotopic (exact) mass is 237 g/mol. The average Bonchev–Trinajstić information content (AvgIpc) is 2.81. The molecule has 0 saturated heterocycles. The SMILES string of the molecule is COc1cc(NCc2ncn[nH]2)c(F)cc1N. The number of nitrogen functional groups attached to an aromatic ring is 1. The third-order valence-electron chi connectivity index (χ3n) is 2.23. The predicted molar refractivity (Wildman–Crippen MR) is 61.1 cm³/mol. The first kappa shape index (κ1) is 11.2. The molecule has 0 bridgehead atoms. The van der Waals surface area contributed by atoms with Gasteiger partial charge in [-0.25, -0.2) is 9.37 Å². The first-order valence-corrected chi connectivity index (χ1v) is 4.92. The minimum Gasteiger partial charge on any atom is -0.495 e. The molecule has 0 atom stereocenters. The largest absolute Gasteiger partial charge is 0.495 e. The van der Waals surface area contributed by atoms with Crippen LogP contribution in [0, 0.1) is 5.82 Å². The molecule has 0 spiro atoms. The zero-order valence-corrected chi connectivity index (χ0v) is 9.20. The Hall–Kier alpha value is -2.31. The van der Waals surface area contributed by atoms with Gasteiger partial charge in [0.1, 0.15) is 23.7 Å². The van der Waals surface area contributed by atoms with E-state index in [1.54, 1.807) is 0 Å². The van der Waals surface area contributed by atoms with Gasteiger partial charge in [0, 0.05) is 12.1 Å². The Balaban J connectivity index is 2.15. The molecule has 0 amide bonds. The van der Waals surface area contributed by atoms with E-state index in [1.807, 2.05) is 0 Å². The Morgan fingerprint density at radius 1 is 1.53 bits per heavy atom. The van der Waals surface area contributed by atoms with Crippen molar-refractivity contribution in [2.24, 2.45) is 0 Å². The number of benzene rings is 1. The van der Waals surface area contributed by atoms with Crippen LogP contribution >= 0.6 is 0 Å². The van der Waals surface area contributed by atoms with Gasteiger partial charge in [-0.15, -0.1) is 0 Å². The van der Waals surface area contributed by atoms with Crippen LogP contribution in [0.2, 0.25) is 0 Å². The van der Waals surface area contributed by atoms with E-state index in [4.69, 9.17) is 10.5 Å². The summed E-state index contributed by atoms with van der Waals surface area (Å²) >= 11 is 0. The summed E-state index contributed by atoms with van der Waals surface area (Å²) in [7, 11) is 1.48. The Kier molecular flexibility index (Phi) is 3.08. The molecule has 90 valence electrons. The zero-order chi connectivity index (χ0) is 12.3. The summed E-state index contributed by atoms with van der Waals surface area (Å²) in [6.07, 6.45) is 1.39. The molecular formula is C10H12FN5O. The lowest BCUT2D eigenvalue weighted by Gasteiger charge is -2.10. The molecule has 4 N–H and O–H groups in total. The van der Waals surface area contributed by atoms with E-state index in [1.165, 1.54) is 25.6 Å². The molecule has 0 aliphatic heterocycles. The number of hydrogen-bond donors (Lipinski definition) is 3. The van der Waals surface area contributed by atoms with E-state index in [2.05, 4.69) is 20.5 Å². The first-order chi connectivity index (χ1) is 8.20. The number of aromatic amines is 1. The maximum Gasteiger partial charge on any atom is 0.148 e. The summed E-state index contributed by atoms with van der Waals surface area (Å²) in [6, 6.07) is 2.71. The van der Waals surface area contributed by atoms with Gasteiger partial charge < -0.3 is 15.8 Å². The fourth-order valence-electron chi connectivity index (χ4n) is 1.38. The van der Waals surface area contributed by atoms with Crippen LogP contribution in [0.1, 0.15) is 5.82 Å². The number of nitrogens with one attached hydrogen (secondary N) is 2. The van der Waals surface area contributed by atoms with Gasteiger partial charge in [0.25, 0.3) is 0 Å². The highest BCUT2D eigenvalue weighted by Crippen LogP contribution is 2.28. The Morgan fingerprint density at radius 2 is 2.35 bits per heavy atom. The van der Waals surface area contributed by atoms with Crippen molar-refractivity contribution >= 4 is 11.4 Å². The standard InChI is InChI=1S/C10H12FN5O/c1-17-9-3-8(6(11)2-7(9)12)13-4-10-14-5-15-16-10/h2-3,5,13H,4,12H2,1H3,(H,14,15,16). The van der Waals surface area contributed by atoms with Gasteiger partial charge in [-0.1, -0.05) is 0 Å². The Morgan fingerprint density at radius 3 is 3.00 bits per heavy atom. The number of rotatable bonds is 4. The van der Waals surface area contributed by atoms with Gasteiger partial charge in [0.15, 0.2) is 0 Å². The van der Waals surface area contributed by atoms with Crippen molar-refractivity contribution in [2.75, 3.05) is 18.2 Å². The van der Waals surface area contributed by atoms with E-state index in [0.717, 1.165) is 0 Å². The van der Waals surface area contributed by atoms with Gasteiger partial charge in [0.05, 0.1) is 25.0 Å². The average molecular weight is 237 g/mol. The van der Waals surface area contributed by atoms with Crippen LogP contribution in [0.4, 0.5) is 15.8 Å². The molecule has 0 aliphatic rings. The topological polar surface area (TPSA) is 88.8 Å². The zero-order valence-electron chi connectivity index (χ0n) is 9.20. The van der Waals surface area contributed by atoms with Crippen LogP contribution < -0.4 is 15.8 Å². The van der Waals surface area contributed by atoms with Crippen LogP contribution in [0.15, 0.2) is 18.5 Å². The molecule has 1 aromatic carbocycles. The number of nitrogens with two attached hydrogens (primary N) is 1. The lowest BCUT2D eigenvalue weighted by Crippen LogP contribution is -2.04. The highest BCUT2D eigenvalue weighted by atomic mass is 19.1. The normalized spacial score (nSPS) is 10.2. The van der Waals surface area contributed by atoms with Crippen molar-refractivity contribution < 1.29 is 9.13 Å². The highest BCUT2D eigenvalue weighted by molar-refractivity contribution is 5.62. The third-order valence-corrected chi connectivity index (χ3v) is 2.23. The minimum atomic E-state index is -0.442. The van der Waals surface area contributed by atoms with Crippen molar-refractivity contribution in [3.05, 3.63) is 30.1 Å². The molecule has 0 aliphatic carbocycles. The van der Waals surface area contributed by atoms with Gasteiger partial charge in [-0.3, -0.25) is 5.10 Å². The lowest BCUT2D eigenvalue weighted by atomic mass is 10.2. The van der Waals surface area contributed by atoms with Gasteiger partial charge in [-0.2, -0.15) is 5.10 Å². The first-order valence-electron chi connectivity index (χ1n) is 4.92. The van der Waals surface area contributed by atoms with Crippen molar-refractivity contribution in [3.63, 3.8) is 0 Å². The molecule has 0 unspecified atom stereocenters. The maximum absolute atomic E-state index is 13.6. The van der Waals surface area contributed by atoms with Crippen molar-refractivity contribution in [2.45, 2.75) is 6.54 Å². The molecule has 2 rings (SSSR count).